The molecule has 3 nitrogen and oxygen atoms in total. The van der Waals surface area contributed by atoms with Gasteiger partial charge in [0.15, 0.2) is 0 Å². The molecule has 0 aromatic heterocycles. The van der Waals surface area contributed by atoms with Crippen molar-refractivity contribution in [2.45, 2.75) is 11.8 Å². The first-order valence-electron chi connectivity index (χ1n) is 5.29. The van der Waals surface area contributed by atoms with Crippen molar-refractivity contribution in [1.82, 2.24) is 0 Å². The van der Waals surface area contributed by atoms with Crippen LogP contribution in [0.2, 0.25) is 0 Å². The van der Waals surface area contributed by atoms with E-state index in [-0.39, 0.29) is 0 Å². The van der Waals surface area contributed by atoms with Gasteiger partial charge >= 0.3 is 0 Å². The van der Waals surface area contributed by atoms with Crippen molar-refractivity contribution < 1.29 is 9.47 Å². The predicted octanol–water partition coefficient (Wildman–Crippen LogP) is 2.33. The Morgan fingerprint density at radius 1 is 1.25 bits per heavy atom. The molecule has 0 atom stereocenters. The van der Waals surface area contributed by atoms with Crippen molar-refractivity contribution in [2.24, 2.45) is 0 Å². The van der Waals surface area contributed by atoms with Gasteiger partial charge in [-0.2, -0.15) is 0 Å². The Labute approximate surface area is 101 Å². The molecule has 0 aliphatic carbocycles. The summed E-state index contributed by atoms with van der Waals surface area (Å²) in [4.78, 5) is 1.23. The van der Waals surface area contributed by atoms with E-state index < -0.39 is 0 Å². The van der Waals surface area contributed by atoms with Crippen molar-refractivity contribution in [3.05, 3.63) is 23.8 Å². The van der Waals surface area contributed by atoms with Crippen LogP contribution in [0, 0.1) is 6.92 Å². The number of benzene rings is 1. The summed E-state index contributed by atoms with van der Waals surface area (Å²) in [5, 5.41) is 0. The van der Waals surface area contributed by atoms with Gasteiger partial charge < -0.3 is 15.2 Å². The minimum Gasteiger partial charge on any atom is -0.399 e. The van der Waals surface area contributed by atoms with Crippen LogP contribution in [0.5, 0.6) is 0 Å². The third-order valence-corrected chi connectivity index (χ3v) is 3.25. The fraction of sp³-hybridized carbons (Fsp3) is 0.500. The summed E-state index contributed by atoms with van der Waals surface area (Å²) in [6.07, 6.45) is 0. The number of aryl methyl sites for hydroxylation is 1. The molecule has 1 aromatic carbocycles. The number of thioether (sulfide) groups is 1. The summed E-state index contributed by atoms with van der Waals surface area (Å²) in [6, 6.07) is 5.98. The van der Waals surface area contributed by atoms with Crippen LogP contribution >= 0.6 is 11.8 Å². The summed E-state index contributed by atoms with van der Waals surface area (Å²) in [5.41, 5.74) is 7.81. The summed E-state index contributed by atoms with van der Waals surface area (Å²) in [6.45, 7) is 4.14. The Bertz CT molecular complexity index is 318. The third kappa shape index (κ3) is 4.88. The lowest BCUT2D eigenvalue weighted by Crippen LogP contribution is -2.04. The van der Waals surface area contributed by atoms with E-state index in [4.69, 9.17) is 15.2 Å². The van der Waals surface area contributed by atoms with E-state index in [1.54, 1.807) is 18.9 Å². The maximum atomic E-state index is 5.74. The average molecular weight is 241 g/mol. The Hall–Kier alpha value is -0.710. The Kier molecular flexibility index (Phi) is 6.30. The summed E-state index contributed by atoms with van der Waals surface area (Å²) in [7, 11) is 1.67. The number of nitrogen functional groups attached to an aromatic ring is 1. The lowest BCUT2D eigenvalue weighted by Gasteiger charge is -2.07. The maximum absolute atomic E-state index is 5.74. The number of hydrogen-bond donors (Lipinski definition) is 1. The molecule has 0 fully saturated rings. The van der Waals surface area contributed by atoms with E-state index in [2.05, 4.69) is 6.92 Å². The van der Waals surface area contributed by atoms with Crippen LogP contribution in [0.3, 0.4) is 0 Å². The summed E-state index contributed by atoms with van der Waals surface area (Å²) < 4.78 is 10.3. The Balaban J connectivity index is 2.23. The SMILES string of the molecule is COCCOCCSc1cc(N)ccc1C. The van der Waals surface area contributed by atoms with E-state index in [0.29, 0.717) is 13.2 Å². The first kappa shape index (κ1) is 13.4. The molecule has 0 heterocycles. The molecule has 90 valence electrons. The van der Waals surface area contributed by atoms with Gasteiger partial charge in [0.2, 0.25) is 0 Å². The van der Waals surface area contributed by atoms with Crippen LogP contribution in [-0.4, -0.2) is 32.7 Å². The zero-order valence-corrected chi connectivity index (χ0v) is 10.7. The molecule has 0 saturated heterocycles. The van der Waals surface area contributed by atoms with Gasteiger partial charge in [-0.05, 0) is 24.6 Å². The zero-order chi connectivity index (χ0) is 11.8. The van der Waals surface area contributed by atoms with Crippen LogP contribution in [0.4, 0.5) is 5.69 Å². The topological polar surface area (TPSA) is 44.5 Å². The second-order valence-corrected chi connectivity index (χ2v) is 4.62. The number of anilines is 1. The molecule has 1 aromatic rings. The van der Waals surface area contributed by atoms with Gasteiger partial charge in [-0.3, -0.25) is 0 Å². The highest BCUT2D eigenvalue weighted by Crippen LogP contribution is 2.24. The number of methoxy groups -OCH3 is 1. The monoisotopic (exact) mass is 241 g/mol. The van der Waals surface area contributed by atoms with Crippen LogP contribution in [0.25, 0.3) is 0 Å². The average Bonchev–Trinajstić information content (AvgIpc) is 2.28. The second-order valence-electron chi connectivity index (χ2n) is 3.48. The highest BCUT2D eigenvalue weighted by molar-refractivity contribution is 7.99. The van der Waals surface area contributed by atoms with Gasteiger partial charge in [-0.1, -0.05) is 6.07 Å². The molecule has 0 aliphatic rings. The van der Waals surface area contributed by atoms with Crippen molar-refractivity contribution in [2.75, 3.05) is 38.4 Å². The first-order valence-corrected chi connectivity index (χ1v) is 6.28. The fourth-order valence-electron chi connectivity index (χ4n) is 1.23. The van der Waals surface area contributed by atoms with Gasteiger partial charge in [-0.15, -0.1) is 11.8 Å². The molecule has 0 amide bonds. The lowest BCUT2D eigenvalue weighted by molar-refractivity contribution is 0.0790. The molecule has 0 radical (unpaired) electrons. The molecule has 0 saturated carbocycles. The first-order chi connectivity index (χ1) is 7.74. The molecule has 1 rings (SSSR count). The van der Waals surface area contributed by atoms with Gasteiger partial charge in [0.25, 0.3) is 0 Å². The smallest absolute Gasteiger partial charge is 0.0700 e. The van der Waals surface area contributed by atoms with Crippen molar-refractivity contribution >= 4 is 17.4 Å². The molecule has 4 heteroatoms. The fourth-order valence-corrected chi connectivity index (χ4v) is 2.16. The molecule has 2 N–H and O–H groups in total. The van der Waals surface area contributed by atoms with Crippen molar-refractivity contribution in [3.8, 4) is 0 Å². The largest absolute Gasteiger partial charge is 0.399 e. The van der Waals surface area contributed by atoms with Crippen LogP contribution in [-0.2, 0) is 9.47 Å². The highest BCUT2D eigenvalue weighted by atomic mass is 32.2. The van der Waals surface area contributed by atoms with Gasteiger partial charge in [-0.25, -0.2) is 0 Å². The molecule has 16 heavy (non-hydrogen) atoms. The van der Waals surface area contributed by atoms with E-state index in [1.165, 1.54) is 10.5 Å². The minimum absolute atomic E-state index is 0.655. The van der Waals surface area contributed by atoms with Gasteiger partial charge in [0.1, 0.15) is 0 Å². The summed E-state index contributed by atoms with van der Waals surface area (Å²) >= 11 is 1.77. The minimum atomic E-state index is 0.655. The van der Waals surface area contributed by atoms with Crippen molar-refractivity contribution in [1.29, 1.82) is 0 Å². The normalized spacial score (nSPS) is 10.6. The Morgan fingerprint density at radius 3 is 2.81 bits per heavy atom. The lowest BCUT2D eigenvalue weighted by atomic mass is 10.2. The molecule has 0 unspecified atom stereocenters. The van der Waals surface area contributed by atoms with Crippen LogP contribution in [0.1, 0.15) is 5.56 Å². The predicted molar refractivity (Wildman–Crippen MR) is 69.0 cm³/mol. The molecule has 0 bridgehead atoms. The van der Waals surface area contributed by atoms with E-state index in [1.807, 2.05) is 18.2 Å². The molecule has 0 spiro atoms. The zero-order valence-electron chi connectivity index (χ0n) is 9.86. The Morgan fingerprint density at radius 2 is 2.06 bits per heavy atom. The highest BCUT2D eigenvalue weighted by Gasteiger charge is 1.99. The molecule has 0 aliphatic heterocycles. The van der Waals surface area contributed by atoms with E-state index in [9.17, 15) is 0 Å². The number of hydrogen-bond acceptors (Lipinski definition) is 4. The number of nitrogens with two attached hydrogens (primary N) is 1. The quantitative estimate of drug-likeness (QED) is 0.452. The second kappa shape index (κ2) is 7.54. The van der Waals surface area contributed by atoms with Gasteiger partial charge in [0, 0.05) is 23.4 Å². The van der Waals surface area contributed by atoms with Crippen LogP contribution < -0.4 is 5.73 Å². The standard InChI is InChI=1S/C12H19NO2S/c1-10-3-4-11(13)9-12(10)16-8-7-15-6-5-14-2/h3-4,9H,5-8,13H2,1-2H3. The van der Waals surface area contributed by atoms with Gasteiger partial charge in [0.05, 0.1) is 19.8 Å². The van der Waals surface area contributed by atoms with E-state index in [0.717, 1.165) is 18.0 Å². The number of rotatable bonds is 7. The van der Waals surface area contributed by atoms with E-state index >= 15 is 0 Å². The third-order valence-electron chi connectivity index (χ3n) is 2.13. The molecular formula is C12H19NO2S. The molecular weight excluding hydrogens is 222 g/mol. The number of ether oxygens (including phenoxy) is 2. The van der Waals surface area contributed by atoms with Crippen molar-refractivity contribution in [3.63, 3.8) is 0 Å². The maximum Gasteiger partial charge on any atom is 0.0700 e. The van der Waals surface area contributed by atoms with Crippen LogP contribution in [0.15, 0.2) is 23.1 Å². The summed E-state index contributed by atoms with van der Waals surface area (Å²) in [5.74, 6) is 0.938.